The lowest BCUT2D eigenvalue weighted by Crippen LogP contribution is -2.52. The first-order valence-corrected chi connectivity index (χ1v) is 14.9. The van der Waals surface area contributed by atoms with Crippen LogP contribution in [0.25, 0.3) is 0 Å². The van der Waals surface area contributed by atoms with Gasteiger partial charge >= 0.3 is 0 Å². The Hall–Kier alpha value is -2.07. The summed E-state index contributed by atoms with van der Waals surface area (Å²) in [5, 5.41) is 50.7. The molecule has 0 fully saturated rings. The molecule has 41 heavy (non-hydrogen) atoms. The van der Waals surface area contributed by atoms with Crippen molar-refractivity contribution in [3.05, 3.63) is 0 Å². The number of unbranched alkanes of at least 4 members (excludes halogenated alkanes) is 3. The molecule has 0 rings (SSSR count). The molecule has 14 N–H and O–H groups in total. The molecule has 242 valence electrons. The molecular formula is C27H58N8O6. The number of aliphatic hydroxyl groups is 4. The standard InChI is InChI=1S/C27H58N8O6/c1-18(10-5-9-15-33-27(29)30)16-34-25(40)21(12-4-7-13-28)35-26(41)20(31-3)11-6-8-14-32-17-22(37)24(39)23(38)19(2)36/h18-24,31-32,36-39H,4-17,28H2,1-3H3,(H,34,40)(H,35,41)(H4,29,30,33)/t18?,19?,20?,21?,22?,23-,24+/m1/s1. The maximum Gasteiger partial charge on any atom is 0.242 e. The maximum atomic E-state index is 13.0. The second kappa shape index (κ2) is 23.5. The van der Waals surface area contributed by atoms with Gasteiger partial charge in [0.1, 0.15) is 18.2 Å². The Labute approximate surface area is 245 Å². The van der Waals surface area contributed by atoms with Crippen LogP contribution in [0.3, 0.4) is 0 Å². The summed E-state index contributed by atoms with van der Waals surface area (Å²) >= 11 is 0. The Morgan fingerprint density at radius 2 is 1.44 bits per heavy atom. The molecule has 0 aliphatic carbocycles. The van der Waals surface area contributed by atoms with Gasteiger partial charge in [-0.3, -0.25) is 14.6 Å². The number of carbonyl (C=O) groups is 2. The van der Waals surface area contributed by atoms with Gasteiger partial charge in [0, 0.05) is 19.6 Å². The molecule has 2 amide bonds. The van der Waals surface area contributed by atoms with Gasteiger partial charge in [-0.25, -0.2) is 0 Å². The third-order valence-electron chi connectivity index (χ3n) is 6.96. The summed E-state index contributed by atoms with van der Waals surface area (Å²) in [4.78, 5) is 29.9. The molecule has 0 aliphatic heterocycles. The number of nitrogens with zero attached hydrogens (tertiary/aromatic N) is 1. The lowest BCUT2D eigenvalue weighted by Gasteiger charge is -2.25. The van der Waals surface area contributed by atoms with E-state index in [2.05, 4.69) is 33.2 Å². The first-order chi connectivity index (χ1) is 19.4. The molecule has 0 radical (unpaired) electrons. The van der Waals surface area contributed by atoms with Crippen LogP contribution >= 0.6 is 0 Å². The normalized spacial score (nSPS) is 16.6. The van der Waals surface area contributed by atoms with Gasteiger partial charge in [0.05, 0.1) is 18.2 Å². The van der Waals surface area contributed by atoms with Crippen LogP contribution in [0.15, 0.2) is 4.99 Å². The number of likely N-dealkylation sites (N-methyl/N-ethyl adjacent to an activating group) is 1. The van der Waals surface area contributed by atoms with Gasteiger partial charge in [-0.2, -0.15) is 0 Å². The number of aliphatic hydroxyl groups excluding tert-OH is 4. The highest BCUT2D eigenvalue weighted by Gasteiger charge is 2.28. The van der Waals surface area contributed by atoms with Crippen LogP contribution in [0.5, 0.6) is 0 Å². The average molecular weight is 591 g/mol. The van der Waals surface area contributed by atoms with E-state index in [9.17, 15) is 30.0 Å². The monoisotopic (exact) mass is 590 g/mol. The summed E-state index contributed by atoms with van der Waals surface area (Å²) in [6, 6.07) is -1.12. The minimum Gasteiger partial charge on any atom is -0.391 e. The van der Waals surface area contributed by atoms with Gasteiger partial charge in [-0.05, 0) is 77.9 Å². The van der Waals surface area contributed by atoms with Crippen LogP contribution in [0.1, 0.15) is 71.6 Å². The summed E-state index contributed by atoms with van der Waals surface area (Å²) < 4.78 is 0. The number of carbonyl (C=O) groups excluding carboxylic acids is 2. The van der Waals surface area contributed by atoms with Crippen molar-refractivity contribution >= 4 is 17.8 Å². The van der Waals surface area contributed by atoms with Crippen molar-refractivity contribution in [3.8, 4) is 0 Å². The van der Waals surface area contributed by atoms with E-state index >= 15 is 0 Å². The van der Waals surface area contributed by atoms with E-state index < -0.39 is 36.5 Å². The second-order valence-electron chi connectivity index (χ2n) is 10.8. The molecule has 14 nitrogen and oxygen atoms in total. The van der Waals surface area contributed by atoms with Crippen LogP contribution in [0.4, 0.5) is 0 Å². The highest BCUT2D eigenvalue weighted by atomic mass is 16.4. The molecular weight excluding hydrogens is 532 g/mol. The molecule has 0 saturated carbocycles. The predicted molar refractivity (Wildman–Crippen MR) is 161 cm³/mol. The van der Waals surface area contributed by atoms with Gasteiger partial charge in [-0.15, -0.1) is 0 Å². The van der Waals surface area contributed by atoms with Crippen molar-refractivity contribution in [1.82, 2.24) is 21.3 Å². The number of aliphatic imine (C=N–C) groups is 1. The van der Waals surface area contributed by atoms with Gasteiger partial charge in [0.2, 0.25) is 11.8 Å². The lowest BCUT2D eigenvalue weighted by molar-refractivity contribution is -0.130. The number of rotatable bonds is 25. The van der Waals surface area contributed by atoms with Crippen molar-refractivity contribution in [2.75, 3.05) is 39.8 Å². The third-order valence-corrected chi connectivity index (χ3v) is 6.96. The Balaban J connectivity index is 4.59. The highest BCUT2D eigenvalue weighted by molar-refractivity contribution is 5.89. The molecule has 0 spiro atoms. The first-order valence-electron chi connectivity index (χ1n) is 14.9. The number of amides is 2. The number of hydrogen-bond donors (Lipinski definition) is 11. The van der Waals surface area contributed by atoms with Crippen molar-refractivity contribution in [2.24, 2.45) is 28.1 Å². The number of guanidine groups is 1. The van der Waals surface area contributed by atoms with Gasteiger partial charge in [-0.1, -0.05) is 19.8 Å². The molecule has 0 saturated heterocycles. The van der Waals surface area contributed by atoms with E-state index in [0.29, 0.717) is 51.9 Å². The summed E-state index contributed by atoms with van der Waals surface area (Å²) in [6.07, 6.45) is 1.40. The van der Waals surface area contributed by atoms with Crippen molar-refractivity contribution in [1.29, 1.82) is 0 Å². The quantitative estimate of drug-likeness (QED) is 0.0304. The van der Waals surface area contributed by atoms with Crippen LogP contribution in [0, 0.1) is 5.92 Å². The summed E-state index contributed by atoms with van der Waals surface area (Å²) in [6.45, 7) is 5.60. The smallest absolute Gasteiger partial charge is 0.242 e. The van der Waals surface area contributed by atoms with Gasteiger partial charge in [0.15, 0.2) is 5.96 Å². The minimum absolute atomic E-state index is 0.0526. The van der Waals surface area contributed by atoms with Gasteiger partial charge < -0.3 is 58.9 Å². The Bertz CT molecular complexity index is 726. The molecule has 0 aromatic rings. The summed E-state index contributed by atoms with van der Waals surface area (Å²) in [5.74, 6) is -0.0917. The summed E-state index contributed by atoms with van der Waals surface area (Å²) in [7, 11) is 1.70. The maximum absolute atomic E-state index is 13.0. The third kappa shape index (κ3) is 18.9. The van der Waals surface area contributed by atoms with Crippen molar-refractivity contribution in [2.45, 2.75) is 108 Å². The van der Waals surface area contributed by atoms with E-state index in [1.54, 1.807) is 7.05 Å². The first kappa shape index (κ1) is 38.9. The molecule has 14 heteroatoms. The molecule has 0 heterocycles. The number of hydrogen-bond acceptors (Lipinski definition) is 10. The molecule has 0 aliphatic rings. The van der Waals surface area contributed by atoms with Crippen molar-refractivity contribution in [3.63, 3.8) is 0 Å². The van der Waals surface area contributed by atoms with Gasteiger partial charge in [0.25, 0.3) is 0 Å². The fraction of sp³-hybridized carbons (Fsp3) is 0.889. The molecule has 0 aromatic carbocycles. The molecule has 0 aromatic heterocycles. The minimum atomic E-state index is -1.46. The molecule has 7 atom stereocenters. The summed E-state index contributed by atoms with van der Waals surface area (Å²) in [5.41, 5.74) is 16.3. The largest absolute Gasteiger partial charge is 0.391 e. The SMILES string of the molecule is CNC(CCCCNCC(O)[C@H](O)[C@H](O)C(C)O)C(=O)NC(CCCCN)C(=O)NCC(C)CCCCN=C(N)N. The molecule has 5 unspecified atom stereocenters. The topological polar surface area (TPSA) is 254 Å². The van der Waals surface area contributed by atoms with E-state index in [0.717, 1.165) is 32.1 Å². The Kier molecular flexibility index (Phi) is 22.3. The zero-order chi connectivity index (χ0) is 31.2. The van der Waals surface area contributed by atoms with E-state index in [1.165, 1.54) is 6.92 Å². The van der Waals surface area contributed by atoms with Crippen molar-refractivity contribution < 1.29 is 30.0 Å². The fourth-order valence-electron chi connectivity index (χ4n) is 4.24. The predicted octanol–water partition coefficient (Wildman–Crippen LogP) is -2.39. The average Bonchev–Trinajstić information content (AvgIpc) is 2.93. The highest BCUT2D eigenvalue weighted by Crippen LogP contribution is 2.09. The molecule has 0 bridgehead atoms. The Morgan fingerprint density at radius 1 is 0.805 bits per heavy atom. The second-order valence-corrected chi connectivity index (χ2v) is 10.8. The van der Waals surface area contributed by atoms with E-state index in [1.807, 2.05) is 0 Å². The lowest BCUT2D eigenvalue weighted by atomic mass is 10.0. The Morgan fingerprint density at radius 3 is 2.05 bits per heavy atom. The van der Waals surface area contributed by atoms with E-state index in [4.69, 9.17) is 17.2 Å². The van der Waals surface area contributed by atoms with Crippen LogP contribution in [0.2, 0.25) is 0 Å². The van der Waals surface area contributed by atoms with Crippen LogP contribution < -0.4 is 38.5 Å². The van der Waals surface area contributed by atoms with Crippen LogP contribution in [-0.2, 0) is 9.59 Å². The van der Waals surface area contributed by atoms with E-state index in [-0.39, 0.29) is 30.2 Å². The number of nitrogens with one attached hydrogen (secondary N) is 4. The fourth-order valence-corrected chi connectivity index (χ4v) is 4.24. The zero-order valence-corrected chi connectivity index (χ0v) is 25.2. The number of nitrogens with two attached hydrogens (primary N) is 3. The zero-order valence-electron chi connectivity index (χ0n) is 25.2. The van der Waals surface area contributed by atoms with Crippen LogP contribution in [-0.4, -0.2) is 114 Å².